The number of benzene rings is 2. The molecule has 2 aromatic rings. The minimum atomic E-state index is 0.251. The van der Waals surface area contributed by atoms with Gasteiger partial charge in [-0.3, -0.25) is 0 Å². The van der Waals surface area contributed by atoms with Crippen LogP contribution in [-0.4, -0.2) is 25.8 Å². The van der Waals surface area contributed by atoms with Crippen LogP contribution >= 0.6 is 0 Å². The normalized spacial score (nSPS) is 20.1. The lowest BCUT2D eigenvalue weighted by Crippen LogP contribution is -2.42. The van der Waals surface area contributed by atoms with Crippen molar-refractivity contribution in [2.24, 2.45) is 0 Å². The summed E-state index contributed by atoms with van der Waals surface area (Å²) in [6.07, 6.45) is 1.28. The minimum absolute atomic E-state index is 0.251. The summed E-state index contributed by atoms with van der Waals surface area (Å²) in [5.74, 6) is 0.403. The Balaban J connectivity index is 1.87. The molecule has 2 unspecified atom stereocenters. The fraction of sp³-hybridized carbons (Fsp3) is 0.368. The lowest BCUT2D eigenvalue weighted by Gasteiger charge is -2.32. The summed E-state index contributed by atoms with van der Waals surface area (Å²) >= 11 is 0. The third-order valence-corrected chi connectivity index (χ3v) is 4.33. The highest BCUT2D eigenvalue weighted by Gasteiger charge is 2.26. The minimum Gasteiger partial charge on any atom is -0.375 e. The second-order valence-electron chi connectivity index (χ2n) is 5.76. The molecule has 1 heterocycles. The van der Waals surface area contributed by atoms with E-state index in [1.165, 1.54) is 16.7 Å². The summed E-state index contributed by atoms with van der Waals surface area (Å²) in [5, 5.41) is 3.46. The van der Waals surface area contributed by atoms with Crippen molar-refractivity contribution in [3.8, 4) is 0 Å². The van der Waals surface area contributed by atoms with E-state index in [1.807, 2.05) is 0 Å². The fourth-order valence-electron chi connectivity index (χ4n) is 3.08. The first kappa shape index (κ1) is 14.3. The summed E-state index contributed by atoms with van der Waals surface area (Å²) < 4.78 is 6.04. The van der Waals surface area contributed by atoms with Gasteiger partial charge in [-0.25, -0.2) is 0 Å². The average Bonchev–Trinajstić information content (AvgIpc) is 2.56. The van der Waals surface area contributed by atoms with Crippen molar-refractivity contribution in [1.29, 1.82) is 0 Å². The van der Waals surface area contributed by atoms with Crippen LogP contribution in [-0.2, 0) is 11.2 Å². The predicted octanol–water partition coefficient (Wildman–Crippen LogP) is 3.31. The van der Waals surface area contributed by atoms with E-state index in [1.54, 1.807) is 0 Å². The zero-order valence-electron chi connectivity index (χ0n) is 12.6. The van der Waals surface area contributed by atoms with Gasteiger partial charge in [0.25, 0.3) is 0 Å². The van der Waals surface area contributed by atoms with Crippen molar-refractivity contribution in [1.82, 2.24) is 5.32 Å². The Kier molecular flexibility index (Phi) is 4.69. The molecule has 21 heavy (non-hydrogen) atoms. The summed E-state index contributed by atoms with van der Waals surface area (Å²) in [6.45, 7) is 4.90. The lowest BCUT2D eigenvalue weighted by molar-refractivity contribution is 0.0110. The molecule has 1 N–H and O–H groups in total. The number of aryl methyl sites for hydroxylation is 1. The molecule has 1 aliphatic heterocycles. The summed E-state index contributed by atoms with van der Waals surface area (Å²) in [6, 6.07) is 19.4. The van der Waals surface area contributed by atoms with E-state index in [0.717, 1.165) is 26.1 Å². The van der Waals surface area contributed by atoms with Crippen LogP contribution in [0.4, 0.5) is 0 Å². The van der Waals surface area contributed by atoms with Crippen LogP contribution in [0.5, 0.6) is 0 Å². The van der Waals surface area contributed by atoms with Crippen LogP contribution in [0.25, 0.3) is 0 Å². The molecule has 1 aliphatic rings. The molecule has 2 nitrogen and oxygen atoms in total. The van der Waals surface area contributed by atoms with E-state index >= 15 is 0 Å². The van der Waals surface area contributed by atoms with E-state index in [2.05, 4.69) is 66.8 Å². The summed E-state index contributed by atoms with van der Waals surface area (Å²) in [7, 11) is 0. The monoisotopic (exact) mass is 281 g/mol. The maximum absolute atomic E-state index is 6.04. The zero-order chi connectivity index (χ0) is 14.5. The van der Waals surface area contributed by atoms with Crippen LogP contribution in [0.3, 0.4) is 0 Å². The van der Waals surface area contributed by atoms with Crippen molar-refractivity contribution >= 4 is 0 Å². The molecule has 2 atom stereocenters. The molecule has 0 amide bonds. The topological polar surface area (TPSA) is 21.3 Å². The summed E-state index contributed by atoms with van der Waals surface area (Å²) in [4.78, 5) is 0. The fourth-order valence-corrected chi connectivity index (χ4v) is 3.08. The van der Waals surface area contributed by atoms with Gasteiger partial charge < -0.3 is 10.1 Å². The Labute approximate surface area is 127 Å². The van der Waals surface area contributed by atoms with Gasteiger partial charge >= 0.3 is 0 Å². The van der Waals surface area contributed by atoms with Gasteiger partial charge in [0.15, 0.2) is 0 Å². The molecule has 0 aromatic heterocycles. The second kappa shape index (κ2) is 6.88. The highest BCUT2D eigenvalue weighted by molar-refractivity contribution is 5.30. The smallest absolute Gasteiger partial charge is 0.0771 e. The van der Waals surface area contributed by atoms with Crippen molar-refractivity contribution in [3.63, 3.8) is 0 Å². The molecule has 0 spiro atoms. The van der Waals surface area contributed by atoms with Gasteiger partial charge in [-0.15, -0.1) is 0 Å². The molecule has 1 fully saturated rings. The first-order chi connectivity index (χ1) is 10.3. The standard InChI is InChI=1S/C19H23NO/c1-15-7-5-6-10-17(15)13-18(16-8-3-2-4-9-16)19-14-20-11-12-21-19/h2-10,18-20H,11-14H2,1H3. The zero-order valence-corrected chi connectivity index (χ0v) is 12.6. The van der Waals surface area contributed by atoms with E-state index in [9.17, 15) is 0 Å². The Hall–Kier alpha value is -1.64. The molecule has 0 aliphatic carbocycles. The van der Waals surface area contributed by atoms with Gasteiger partial charge in [-0.2, -0.15) is 0 Å². The molecule has 0 bridgehead atoms. The molecule has 1 saturated heterocycles. The maximum Gasteiger partial charge on any atom is 0.0771 e. The van der Waals surface area contributed by atoms with E-state index in [0.29, 0.717) is 5.92 Å². The van der Waals surface area contributed by atoms with Crippen LogP contribution in [0.2, 0.25) is 0 Å². The number of morpholine rings is 1. The first-order valence-electron chi connectivity index (χ1n) is 7.76. The SMILES string of the molecule is Cc1ccccc1CC(c1ccccc1)C1CNCCO1. The molecule has 110 valence electrons. The van der Waals surface area contributed by atoms with Crippen molar-refractivity contribution in [3.05, 3.63) is 71.3 Å². The predicted molar refractivity (Wildman–Crippen MR) is 86.7 cm³/mol. The largest absolute Gasteiger partial charge is 0.375 e. The van der Waals surface area contributed by atoms with Crippen LogP contribution in [0, 0.1) is 6.92 Å². The highest BCUT2D eigenvalue weighted by atomic mass is 16.5. The van der Waals surface area contributed by atoms with E-state index in [-0.39, 0.29) is 6.10 Å². The quantitative estimate of drug-likeness (QED) is 0.928. The molecule has 2 heteroatoms. The lowest BCUT2D eigenvalue weighted by atomic mass is 9.85. The van der Waals surface area contributed by atoms with Gasteiger partial charge in [-0.1, -0.05) is 54.6 Å². The van der Waals surface area contributed by atoms with Gasteiger partial charge in [0.2, 0.25) is 0 Å². The molecule has 0 saturated carbocycles. The third-order valence-electron chi connectivity index (χ3n) is 4.33. The Morgan fingerprint density at radius 2 is 1.86 bits per heavy atom. The van der Waals surface area contributed by atoms with Crippen molar-refractivity contribution in [2.75, 3.05) is 19.7 Å². The number of hydrogen-bond acceptors (Lipinski definition) is 2. The highest BCUT2D eigenvalue weighted by Crippen LogP contribution is 2.28. The molecular weight excluding hydrogens is 258 g/mol. The maximum atomic E-state index is 6.04. The molecule has 3 rings (SSSR count). The van der Waals surface area contributed by atoms with Crippen molar-refractivity contribution < 1.29 is 4.74 Å². The molecular formula is C19H23NO. The average molecular weight is 281 g/mol. The number of hydrogen-bond donors (Lipinski definition) is 1. The third kappa shape index (κ3) is 3.52. The Morgan fingerprint density at radius 3 is 2.57 bits per heavy atom. The van der Waals surface area contributed by atoms with Gasteiger partial charge in [0.05, 0.1) is 12.7 Å². The van der Waals surface area contributed by atoms with Crippen LogP contribution in [0.15, 0.2) is 54.6 Å². The van der Waals surface area contributed by atoms with E-state index in [4.69, 9.17) is 4.74 Å². The summed E-state index contributed by atoms with van der Waals surface area (Å²) in [5.41, 5.74) is 4.15. The van der Waals surface area contributed by atoms with Crippen LogP contribution in [0.1, 0.15) is 22.6 Å². The Morgan fingerprint density at radius 1 is 1.10 bits per heavy atom. The van der Waals surface area contributed by atoms with Crippen molar-refractivity contribution in [2.45, 2.75) is 25.4 Å². The van der Waals surface area contributed by atoms with Gasteiger partial charge in [-0.05, 0) is 30.0 Å². The van der Waals surface area contributed by atoms with Gasteiger partial charge in [0, 0.05) is 19.0 Å². The number of rotatable bonds is 4. The second-order valence-corrected chi connectivity index (χ2v) is 5.76. The van der Waals surface area contributed by atoms with Crippen LogP contribution < -0.4 is 5.32 Å². The van der Waals surface area contributed by atoms with Gasteiger partial charge in [0.1, 0.15) is 0 Å². The molecule has 2 aromatic carbocycles. The number of ether oxygens (including phenoxy) is 1. The molecule has 0 radical (unpaired) electrons. The number of nitrogens with one attached hydrogen (secondary N) is 1. The van der Waals surface area contributed by atoms with E-state index < -0.39 is 0 Å². The first-order valence-corrected chi connectivity index (χ1v) is 7.76. The Bertz CT molecular complexity index is 561.